The Morgan fingerprint density at radius 1 is 1.31 bits per heavy atom. The van der Waals surface area contributed by atoms with Crippen LogP contribution >= 0.6 is 11.8 Å². The van der Waals surface area contributed by atoms with Gasteiger partial charge in [0, 0.05) is 11.6 Å². The molecular weight excluding hydrogens is 372 g/mol. The molecule has 0 aliphatic rings. The number of ether oxygens (including phenoxy) is 1. The summed E-state index contributed by atoms with van der Waals surface area (Å²) in [6.45, 7) is 1.74. The first-order chi connectivity index (χ1) is 12.3. The van der Waals surface area contributed by atoms with Crippen LogP contribution in [-0.2, 0) is 15.7 Å². The van der Waals surface area contributed by atoms with Gasteiger partial charge in [0.2, 0.25) is 5.69 Å². The molecular formula is C17H13F4N2O2S+. The average molecular weight is 385 g/mol. The number of nitriles is 1. The molecule has 1 heterocycles. The number of H-pyrrole nitrogens is 1. The van der Waals surface area contributed by atoms with E-state index in [4.69, 9.17) is 4.74 Å². The molecule has 136 valence electrons. The van der Waals surface area contributed by atoms with E-state index in [1.807, 2.05) is 0 Å². The number of pyridine rings is 1. The monoisotopic (exact) mass is 385 g/mol. The Hall–Kier alpha value is -2.60. The lowest BCUT2D eigenvalue weighted by atomic mass is 10.1. The molecule has 26 heavy (non-hydrogen) atoms. The topological polar surface area (TPSA) is 64.2 Å². The standard InChI is InChI=1S/C17H12F4N2O2S/c1-2-25-15(24)9-26-16-12(8-22)13(17(19,20)21)7-14(23-16)10-3-5-11(18)6-4-10/h3-7H,2,9H2,1H3/p+1. The normalized spacial score (nSPS) is 11.1. The Bertz CT molecular complexity index is 846. The average Bonchev–Trinajstić information content (AvgIpc) is 2.59. The number of hydrogen-bond donors (Lipinski definition) is 0. The van der Waals surface area contributed by atoms with Crippen molar-refractivity contribution >= 4 is 17.7 Å². The molecule has 0 amide bonds. The van der Waals surface area contributed by atoms with E-state index >= 15 is 0 Å². The van der Waals surface area contributed by atoms with Crippen LogP contribution in [0.1, 0.15) is 18.1 Å². The van der Waals surface area contributed by atoms with Crippen LogP contribution < -0.4 is 4.98 Å². The maximum absolute atomic E-state index is 13.4. The van der Waals surface area contributed by atoms with Crippen molar-refractivity contribution in [3.05, 3.63) is 47.3 Å². The molecule has 0 spiro atoms. The Labute approximate surface area is 150 Å². The number of rotatable bonds is 5. The van der Waals surface area contributed by atoms with E-state index in [1.54, 1.807) is 6.92 Å². The SMILES string of the molecule is CCOC(=O)CSc1[nH+]c(-c2ccc(F)cc2)cc(C(F)(F)F)c1C#N. The summed E-state index contributed by atoms with van der Waals surface area (Å²) < 4.78 is 57.9. The number of nitrogens with zero attached hydrogens (tertiary/aromatic N) is 1. The molecule has 0 saturated heterocycles. The number of carbonyl (C=O) groups excluding carboxylic acids is 1. The summed E-state index contributed by atoms with van der Waals surface area (Å²) >= 11 is 0.735. The van der Waals surface area contributed by atoms with Crippen molar-refractivity contribution in [2.24, 2.45) is 0 Å². The first kappa shape index (κ1) is 19.7. The number of halogens is 4. The fourth-order valence-corrected chi connectivity index (χ4v) is 2.95. The maximum atomic E-state index is 13.4. The lowest BCUT2D eigenvalue weighted by Crippen LogP contribution is -2.20. The van der Waals surface area contributed by atoms with Gasteiger partial charge in [0.1, 0.15) is 23.2 Å². The number of alkyl halides is 3. The second-order valence-electron chi connectivity index (χ2n) is 5.01. The number of thioether (sulfide) groups is 1. The number of hydrogen-bond acceptors (Lipinski definition) is 4. The number of benzene rings is 1. The molecule has 1 aromatic carbocycles. The Morgan fingerprint density at radius 3 is 2.50 bits per heavy atom. The molecule has 2 aromatic rings. The van der Waals surface area contributed by atoms with Crippen LogP contribution in [0.3, 0.4) is 0 Å². The number of carbonyl (C=O) groups is 1. The van der Waals surface area contributed by atoms with Crippen LogP contribution in [0.5, 0.6) is 0 Å². The van der Waals surface area contributed by atoms with Crippen molar-refractivity contribution in [3.63, 3.8) is 0 Å². The molecule has 0 radical (unpaired) electrons. The van der Waals surface area contributed by atoms with Gasteiger partial charge in [-0.2, -0.15) is 23.4 Å². The van der Waals surface area contributed by atoms with E-state index in [0.717, 1.165) is 30.0 Å². The fourth-order valence-electron chi connectivity index (χ4n) is 2.12. The van der Waals surface area contributed by atoms with Gasteiger partial charge in [-0.3, -0.25) is 4.79 Å². The summed E-state index contributed by atoms with van der Waals surface area (Å²) in [6, 6.07) is 7.17. The van der Waals surface area contributed by atoms with Crippen LogP contribution in [0.15, 0.2) is 35.4 Å². The molecule has 1 aromatic heterocycles. The van der Waals surface area contributed by atoms with Crippen molar-refractivity contribution in [1.29, 1.82) is 5.26 Å². The van der Waals surface area contributed by atoms with Gasteiger partial charge in [0.05, 0.1) is 12.2 Å². The molecule has 9 heteroatoms. The smallest absolute Gasteiger partial charge is 0.418 e. The molecule has 0 saturated carbocycles. The number of esters is 1. The Balaban J connectivity index is 2.53. The molecule has 2 rings (SSSR count). The zero-order valence-corrected chi connectivity index (χ0v) is 14.3. The van der Waals surface area contributed by atoms with Crippen molar-refractivity contribution in [2.75, 3.05) is 12.4 Å². The number of aromatic amines is 1. The number of nitrogens with one attached hydrogen (secondary N) is 1. The zero-order chi connectivity index (χ0) is 19.3. The minimum atomic E-state index is -4.77. The number of aromatic nitrogens is 1. The summed E-state index contributed by atoms with van der Waals surface area (Å²) in [5, 5.41) is 9.06. The van der Waals surface area contributed by atoms with E-state index in [9.17, 15) is 27.6 Å². The Morgan fingerprint density at radius 2 is 1.96 bits per heavy atom. The first-order valence-electron chi connectivity index (χ1n) is 7.38. The molecule has 4 nitrogen and oxygen atoms in total. The van der Waals surface area contributed by atoms with Gasteiger partial charge in [-0.1, -0.05) is 0 Å². The van der Waals surface area contributed by atoms with Crippen molar-refractivity contribution in [1.82, 2.24) is 0 Å². The van der Waals surface area contributed by atoms with Crippen LogP contribution in [-0.4, -0.2) is 18.3 Å². The molecule has 0 unspecified atom stereocenters. The first-order valence-corrected chi connectivity index (χ1v) is 8.36. The van der Waals surface area contributed by atoms with E-state index in [1.165, 1.54) is 18.2 Å². The van der Waals surface area contributed by atoms with E-state index in [2.05, 4.69) is 4.98 Å². The highest BCUT2D eigenvalue weighted by Crippen LogP contribution is 2.36. The third-order valence-corrected chi connectivity index (χ3v) is 4.22. The fraction of sp³-hybridized carbons (Fsp3) is 0.235. The second-order valence-corrected chi connectivity index (χ2v) is 6.00. The highest BCUT2D eigenvalue weighted by molar-refractivity contribution is 7.99. The van der Waals surface area contributed by atoms with Crippen LogP contribution in [0.4, 0.5) is 17.6 Å². The van der Waals surface area contributed by atoms with Crippen molar-refractivity contribution in [2.45, 2.75) is 18.1 Å². The van der Waals surface area contributed by atoms with Gasteiger partial charge in [0.25, 0.3) is 5.03 Å². The minimum Gasteiger partial charge on any atom is -0.465 e. The lowest BCUT2D eigenvalue weighted by molar-refractivity contribution is -0.414. The Kier molecular flexibility index (Phi) is 6.21. The van der Waals surface area contributed by atoms with E-state index in [0.29, 0.717) is 5.56 Å². The van der Waals surface area contributed by atoms with Crippen molar-refractivity contribution in [3.8, 4) is 17.3 Å². The van der Waals surface area contributed by atoms with Gasteiger partial charge < -0.3 is 4.74 Å². The predicted octanol–water partition coefficient (Wildman–Crippen LogP) is 3.85. The quantitative estimate of drug-likeness (QED) is 0.446. The molecule has 1 N–H and O–H groups in total. The van der Waals surface area contributed by atoms with E-state index in [-0.39, 0.29) is 23.1 Å². The highest BCUT2D eigenvalue weighted by atomic mass is 32.2. The molecule has 0 aliphatic heterocycles. The largest absolute Gasteiger partial charge is 0.465 e. The minimum absolute atomic E-state index is 0.0442. The summed E-state index contributed by atoms with van der Waals surface area (Å²) in [6.07, 6.45) is -4.77. The predicted molar refractivity (Wildman–Crippen MR) is 85.5 cm³/mol. The van der Waals surface area contributed by atoms with E-state index < -0.39 is 29.1 Å². The zero-order valence-electron chi connectivity index (χ0n) is 13.5. The van der Waals surface area contributed by atoms with Crippen LogP contribution in [0.2, 0.25) is 0 Å². The lowest BCUT2D eigenvalue weighted by Gasteiger charge is -2.10. The highest BCUT2D eigenvalue weighted by Gasteiger charge is 2.38. The summed E-state index contributed by atoms with van der Waals surface area (Å²) in [4.78, 5) is 14.2. The van der Waals surface area contributed by atoms with Crippen LogP contribution in [0.25, 0.3) is 11.3 Å². The molecule has 0 aliphatic carbocycles. The van der Waals surface area contributed by atoms with Gasteiger partial charge in [0.15, 0.2) is 0 Å². The molecule has 0 fully saturated rings. The third-order valence-electron chi connectivity index (χ3n) is 3.25. The van der Waals surface area contributed by atoms with Crippen LogP contribution in [0, 0.1) is 17.1 Å². The van der Waals surface area contributed by atoms with Crippen molar-refractivity contribution < 1.29 is 32.1 Å². The molecule has 0 atom stereocenters. The summed E-state index contributed by atoms with van der Waals surface area (Å²) in [7, 11) is 0. The summed E-state index contributed by atoms with van der Waals surface area (Å²) in [5.41, 5.74) is -1.40. The summed E-state index contributed by atoms with van der Waals surface area (Å²) in [5.74, 6) is -1.41. The second kappa shape index (κ2) is 8.19. The maximum Gasteiger partial charge on any atom is 0.418 e. The van der Waals surface area contributed by atoms with Gasteiger partial charge in [-0.15, -0.1) is 0 Å². The van der Waals surface area contributed by atoms with Gasteiger partial charge in [-0.05, 0) is 43.0 Å². The van der Waals surface area contributed by atoms with Gasteiger partial charge in [-0.25, -0.2) is 4.39 Å². The van der Waals surface area contributed by atoms with Gasteiger partial charge >= 0.3 is 12.1 Å². The third kappa shape index (κ3) is 4.73. The molecule has 0 bridgehead atoms.